The largest absolute Gasteiger partial charge is 0.492 e. The zero-order chi connectivity index (χ0) is 12.7. The number of halogens is 1. The number of anilines is 1. The lowest BCUT2D eigenvalue weighted by molar-refractivity contribution is -0.116. The summed E-state index contributed by atoms with van der Waals surface area (Å²) in [6.45, 7) is 2.99. The molecule has 0 aliphatic rings. The highest BCUT2D eigenvalue weighted by atomic mass is 79.9. The normalized spacial score (nSPS) is 10.1. The maximum Gasteiger partial charge on any atom is 0.224 e. The van der Waals surface area contributed by atoms with Crippen LogP contribution in [0.25, 0.3) is 0 Å². The van der Waals surface area contributed by atoms with Crippen LogP contribution in [0.1, 0.15) is 19.8 Å². The molecule has 0 aliphatic carbocycles. The molecule has 0 aliphatic heterocycles. The second kappa shape index (κ2) is 7.29. The monoisotopic (exact) mass is 300 g/mol. The number of nitrogens with one attached hydrogen (secondary N) is 1. The molecule has 0 saturated heterocycles. The predicted molar refractivity (Wildman–Crippen MR) is 72.2 cm³/mol. The molecule has 1 rings (SSSR count). The number of carbonyl (C=O) groups is 1. The van der Waals surface area contributed by atoms with Crippen molar-refractivity contribution in [2.24, 2.45) is 5.73 Å². The Labute approximate surface area is 110 Å². The number of hydrogen-bond acceptors (Lipinski definition) is 3. The fourth-order valence-corrected chi connectivity index (χ4v) is 1.72. The first kappa shape index (κ1) is 14.0. The summed E-state index contributed by atoms with van der Waals surface area (Å²) in [6, 6.07) is 5.53. The lowest BCUT2D eigenvalue weighted by Crippen LogP contribution is -2.14. The first-order valence-corrected chi connectivity index (χ1v) is 6.39. The van der Waals surface area contributed by atoms with Gasteiger partial charge in [0, 0.05) is 10.9 Å². The van der Waals surface area contributed by atoms with Gasteiger partial charge in [-0.05, 0) is 38.1 Å². The van der Waals surface area contributed by atoms with E-state index in [0.29, 0.717) is 37.4 Å². The Kier molecular flexibility index (Phi) is 6.00. The lowest BCUT2D eigenvalue weighted by Gasteiger charge is -2.11. The van der Waals surface area contributed by atoms with Gasteiger partial charge in [0.15, 0.2) is 0 Å². The van der Waals surface area contributed by atoms with E-state index < -0.39 is 0 Å². The van der Waals surface area contributed by atoms with E-state index in [1.54, 1.807) is 0 Å². The molecule has 0 spiro atoms. The van der Waals surface area contributed by atoms with Crippen molar-refractivity contribution in [2.45, 2.75) is 19.8 Å². The molecule has 0 unspecified atom stereocenters. The molecule has 0 saturated carbocycles. The van der Waals surface area contributed by atoms with Gasteiger partial charge in [0.25, 0.3) is 0 Å². The van der Waals surface area contributed by atoms with E-state index in [1.807, 2.05) is 25.1 Å². The average Bonchev–Trinajstić information content (AvgIpc) is 2.30. The van der Waals surface area contributed by atoms with Gasteiger partial charge in [-0.1, -0.05) is 15.9 Å². The SMILES string of the molecule is CCOc1ccc(Br)cc1NC(=O)CCCN. The molecule has 3 N–H and O–H groups in total. The van der Waals surface area contributed by atoms with E-state index in [-0.39, 0.29) is 5.91 Å². The molecule has 1 aromatic rings. The van der Waals surface area contributed by atoms with Crippen molar-refractivity contribution in [3.8, 4) is 5.75 Å². The quantitative estimate of drug-likeness (QED) is 0.848. The summed E-state index contributed by atoms with van der Waals surface area (Å²) in [6.07, 6.45) is 1.11. The van der Waals surface area contributed by atoms with Crippen molar-refractivity contribution >= 4 is 27.5 Å². The molecule has 0 fully saturated rings. The van der Waals surface area contributed by atoms with Crippen LogP contribution in [0, 0.1) is 0 Å². The first-order valence-electron chi connectivity index (χ1n) is 5.59. The third kappa shape index (κ3) is 4.75. The summed E-state index contributed by atoms with van der Waals surface area (Å²) < 4.78 is 6.34. The number of carbonyl (C=O) groups excluding carboxylic acids is 1. The third-order valence-electron chi connectivity index (χ3n) is 2.12. The summed E-state index contributed by atoms with van der Waals surface area (Å²) in [5.74, 6) is 0.631. The Bertz CT molecular complexity index is 383. The highest BCUT2D eigenvalue weighted by Crippen LogP contribution is 2.28. The fraction of sp³-hybridized carbons (Fsp3) is 0.417. The second-order valence-corrected chi connectivity index (χ2v) is 4.43. The van der Waals surface area contributed by atoms with Crippen LogP contribution < -0.4 is 15.8 Å². The van der Waals surface area contributed by atoms with Gasteiger partial charge < -0.3 is 15.8 Å². The van der Waals surface area contributed by atoms with Crippen LogP contribution in [0.4, 0.5) is 5.69 Å². The van der Waals surface area contributed by atoms with Gasteiger partial charge in [0.05, 0.1) is 12.3 Å². The Morgan fingerprint density at radius 3 is 2.94 bits per heavy atom. The number of benzene rings is 1. The summed E-state index contributed by atoms with van der Waals surface area (Å²) >= 11 is 3.36. The molecule has 0 radical (unpaired) electrons. The van der Waals surface area contributed by atoms with E-state index in [9.17, 15) is 4.79 Å². The molecular weight excluding hydrogens is 284 g/mol. The molecule has 1 amide bonds. The van der Waals surface area contributed by atoms with Crippen molar-refractivity contribution in [3.63, 3.8) is 0 Å². The lowest BCUT2D eigenvalue weighted by atomic mass is 10.2. The predicted octanol–water partition coefficient (Wildman–Crippen LogP) is 2.53. The van der Waals surface area contributed by atoms with E-state index in [0.717, 1.165) is 4.47 Å². The summed E-state index contributed by atoms with van der Waals surface area (Å²) in [7, 11) is 0. The Balaban J connectivity index is 2.73. The summed E-state index contributed by atoms with van der Waals surface area (Å²) in [5, 5.41) is 2.82. The van der Waals surface area contributed by atoms with Crippen LogP contribution >= 0.6 is 15.9 Å². The topological polar surface area (TPSA) is 64.3 Å². The van der Waals surface area contributed by atoms with Crippen LogP contribution in [0.5, 0.6) is 5.75 Å². The standard InChI is InChI=1S/C12H17BrN2O2/c1-2-17-11-6-5-9(13)8-10(11)15-12(16)4-3-7-14/h5-6,8H,2-4,7,14H2,1H3,(H,15,16). The Morgan fingerprint density at radius 1 is 1.53 bits per heavy atom. The Morgan fingerprint density at radius 2 is 2.29 bits per heavy atom. The van der Waals surface area contributed by atoms with Crippen molar-refractivity contribution < 1.29 is 9.53 Å². The summed E-state index contributed by atoms with van der Waals surface area (Å²) in [5.41, 5.74) is 6.04. The molecule has 0 atom stereocenters. The number of ether oxygens (including phenoxy) is 1. The fourth-order valence-electron chi connectivity index (χ4n) is 1.36. The highest BCUT2D eigenvalue weighted by molar-refractivity contribution is 9.10. The zero-order valence-corrected chi connectivity index (χ0v) is 11.4. The third-order valence-corrected chi connectivity index (χ3v) is 2.62. The van der Waals surface area contributed by atoms with Crippen LogP contribution in [-0.4, -0.2) is 19.1 Å². The van der Waals surface area contributed by atoms with Crippen LogP contribution in [0.15, 0.2) is 22.7 Å². The molecular formula is C12H17BrN2O2. The molecule has 17 heavy (non-hydrogen) atoms. The van der Waals surface area contributed by atoms with Gasteiger partial charge in [-0.25, -0.2) is 0 Å². The number of amides is 1. The highest BCUT2D eigenvalue weighted by Gasteiger charge is 2.08. The molecule has 4 nitrogen and oxygen atoms in total. The number of nitrogens with two attached hydrogens (primary N) is 1. The van der Waals surface area contributed by atoms with Crippen LogP contribution in [0.3, 0.4) is 0 Å². The molecule has 0 heterocycles. The van der Waals surface area contributed by atoms with E-state index in [1.165, 1.54) is 0 Å². The number of rotatable bonds is 6. The minimum Gasteiger partial charge on any atom is -0.492 e. The minimum absolute atomic E-state index is 0.0468. The van der Waals surface area contributed by atoms with E-state index >= 15 is 0 Å². The van der Waals surface area contributed by atoms with Gasteiger partial charge in [0.2, 0.25) is 5.91 Å². The van der Waals surface area contributed by atoms with Crippen LogP contribution in [0.2, 0.25) is 0 Å². The number of hydrogen-bond donors (Lipinski definition) is 2. The van der Waals surface area contributed by atoms with Gasteiger partial charge in [-0.15, -0.1) is 0 Å². The molecule has 0 aromatic heterocycles. The molecule has 5 heteroatoms. The molecule has 0 bridgehead atoms. The van der Waals surface area contributed by atoms with Crippen molar-refractivity contribution in [1.29, 1.82) is 0 Å². The zero-order valence-electron chi connectivity index (χ0n) is 9.83. The van der Waals surface area contributed by atoms with Gasteiger partial charge in [-0.2, -0.15) is 0 Å². The average molecular weight is 301 g/mol. The van der Waals surface area contributed by atoms with Gasteiger partial charge in [0.1, 0.15) is 5.75 Å². The second-order valence-electron chi connectivity index (χ2n) is 3.51. The van der Waals surface area contributed by atoms with Crippen molar-refractivity contribution in [2.75, 3.05) is 18.5 Å². The van der Waals surface area contributed by atoms with Gasteiger partial charge in [-0.3, -0.25) is 4.79 Å². The summed E-state index contributed by atoms with van der Waals surface area (Å²) in [4.78, 5) is 11.6. The molecule has 1 aromatic carbocycles. The molecule has 94 valence electrons. The van der Waals surface area contributed by atoms with E-state index in [2.05, 4.69) is 21.2 Å². The van der Waals surface area contributed by atoms with Crippen molar-refractivity contribution in [3.05, 3.63) is 22.7 Å². The smallest absolute Gasteiger partial charge is 0.224 e. The Hall–Kier alpha value is -1.07. The van der Waals surface area contributed by atoms with Crippen LogP contribution in [-0.2, 0) is 4.79 Å². The van der Waals surface area contributed by atoms with Crippen molar-refractivity contribution in [1.82, 2.24) is 0 Å². The minimum atomic E-state index is -0.0468. The first-order chi connectivity index (χ1) is 8.17. The van der Waals surface area contributed by atoms with E-state index in [4.69, 9.17) is 10.5 Å². The maximum atomic E-state index is 11.6. The maximum absolute atomic E-state index is 11.6. The van der Waals surface area contributed by atoms with Gasteiger partial charge >= 0.3 is 0 Å².